The molecule has 20 nitrogen and oxygen atoms in total. The van der Waals surface area contributed by atoms with Gasteiger partial charge in [0.05, 0.1) is 25.9 Å². The summed E-state index contributed by atoms with van der Waals surface area (Å²) in [6.07, 6.45) is -7.95. The first-order chi connectivity index (χ1) is 20.9. The van der Waals surface area contributed by atoms with Gasteiger partial charge in [0.2, 0.25) is 0 Å². The lowest BCUT2D eigenvalue weighted by atomic mass is 10.1. The molecule has 3 aliphatic heterocycles. The van der Waals surface area contributed by atoms with E-state index in [1.807, 2.05) is 0 Å². The van der Waals surface area contributed by atoms with E-state index in [4.69, 9.17) is 50.8 Å². The zero-order valence-corrected chi connectivity index (χ0v) is 24.5. The number of nitrogens with zero attached hydrogens (tertiary/aromatic N) is 8. The van der Waals surface area contributed by atoms with E-state index in [0.717, 1.165) is 6.33 Å². The van der Waals surface area contributed by atoms with E-state index in [0.29, 0.717) is 0 Å². The van der Waals surface area contributed by atoms with Gasteiger partial charge in [-0.3, -0.25) is 18.2 Å². The second kappa shape index (κ2) is 10.9. The number of hydrogen-bond acceptors (Lipinski definition) is 18. The first-order valence-corrected chi connectivity index (χ1v) is 16.8. The van der Waals surface area contributed by atoms with Crippen molar-refractivity contribution in [2.45, 2.75) is 49.1 Å². The third-order valence-electron chi connectivity index (χ3n) is 7.21. The Bertz CT molecular complexity index is 1830. The van der Waals surface area contributed by atoms with Crippen LogP contribution in [0.5, 0.6) is 0 Å². The van der Waals surface area contributed by atoms with Crippen LogP contribution >= 0.6 is 14.5 Å². The van der Waals surface area contributed by atoms with E-state index in [9.17, 15) is 19.5 Å². The summed E-state index contributed by atoms with van der Waals surface area (Å²) in [6, 6.07) is 0. The Balaban J connectivity index is 1.20. The SMILES string of the molecule is Nc1ncnc2c1ncn2[C@@H]1O[C@@H]2COP([O-])(=S)O[C@H]3C(O)[C@@H](COP(=O)(O)O[C@@H]2C1F)O[C@H]3n1cnc2c(N)ncnc21. The summed E-state index contributed by atoms with van der Waals surface area (Å²) in [5.41, 5.74) is 12.3. The minimum atomic E-state index is -5.06. The maximum Gasteiger partial charge on any atom is 0.472 e. The molecule has 44 heavy (non-hydrogen) atoms. The number of fused-ring (bicyclic) bond motifs is 5. The molecule has 6 N–H and O–H groups in total. The number of alkyl halides is 1. The number of aliphatic hydroxyl groups is 1. The molecule has 0 spiro atoms. The maximum absolute atomic E-state index is 15.9. The Labute approximate surface area is 249 Å². The normalized spacial score (nSPS) is 38.3. The fourth-order valence-electron chi connectivity index (χ4n) is 5.18. The lowest BCUT2D eigenvalue weighted by molar-refractivity contribution is -0.218. The van der Waals surface area contributed by atoms with Gasteiger partial charge in [-0.2, -0.15) is 0 Å². The van der Waals surface area contributed by atoms with Crippen LogP contribution in [0.25, 0.3) is 22.3 Å². The summed E-state index contributed by atoms with van der Waals surface area (Å²) in [5.74, 6) is 0.0799. The minimum absolute atomic E-state index is 0.0266. The summed E-state index contributed by atoms with van der Waals surface area (Å²) in [5, 5.41) is 11.0. The van der Waals surface area contributed by atoms with Crippen LogP contribution < -0.4 is 16.4 Å². The number of ether oxygens (including phenoxy) is 2. The van der Waals surface area contributed by atoms with E-state index in [1.165, 1.54) is 28.1 Å². The highest BCUT2D eigenvalue weighted by Crippen LogP contribution is 2.53. The fraction of sp³-hybridized carbons (Fsp3) is 0.500. The van der Waals surface area contributed by atoms with E-state index < -0.39 is 76.9 Å². The summed E-state index contributed by atoms with van der Waals surface area (Å²) in [6.45, 7) is -5.99. The molecule has 0 radical (unpaired) electrons. The second-order valence-corrected chi connectivity index (χ2v) is 14.0. The topological polar surface area (TPSA) is 275 Å². The van der Waals surface area contributed by atoms with E-state index in [2.05, 4.69) is 29.9 Å². The number of halogens is 1. The number of aromatic nitrogens is 8. The number of nitrogen functional groups attached to an aromatic ring is 2. The maximum atomic E-state index is 15.9. The van der Waals surface area contributed by atoms with Crippen molar-refractivity contribution in [2.24, 2.45) is 0 Å². The smallest absolute Gasteiger partial charge is 0.472 e. The number of rotatable bonds is 2. The summed E-state index contributed by atoms with van der Waals surface area (Å²) < 4.78 is 64.4. The van der Waals surface area contributed by atoms with Gasteiger partial charge in [0.1, 0.15) is 60.9 Å². The van der Waals surface area contributed by atoms with Crippen LogP contribution in [0.2, 0.25) is 0 Å². The Kier molecular flexibility index (Phi) is 7.39. The Morgan fingerprint density at radius 2 is 1.45 bits per heavy atom. The van der Waals surface area contributed by atoms with Gasteiger partial charge >= 0.3 is 7.82 Å². The van der Waals surface area contributed by atoms with Crippen LogP contribution in [0.1, 0.15) is 12.5 Å². The number of anilines is 2. The zero-order chi connectivity index (χ0) is 31.0. The van der Waals surface area contributed by atoms with Crippen LogP contribution in [0.4, 0.5) is 16.0 Å². The summed E-state index contributed by atoms with van der Waals surface area (Å²) >= 11 is 5.10. The molecular formula is C20H22FN10O10P2S-. The van der Waals surface area contributed by atoms with Crippen LogP contribution in [-0.4, -0.2) is 98.9 Å². The number of phosphoric ester groups is 1. The van der Waals surface area contributed by atoms with Gasteiger partial charge in [-0.25, -0.2) is 38.9 Å². The Morgan fingerprint density at radius 1 is 0.886 bits per heavy atom. The van der Waals surface area contributed by atoms with Crippen molar-refractivity contribution in [3.8, 4) is 0 Å². The molecule has 7 heterocycles. The molecule has 3 fully saturated rings. The summed E-state index contributed by atoms with van der Waals surface area (Å²) in [4.78, 5) is 48.1. The molecule has 3 saturated heterocycles. The van der Waals surface area contributed by atoms with Crippen molar-refractivity contribution in [1.29, 1.82) is 0 Å². The van der Waals surface area contributed by atoms with Crippen molar-refractivity contribution < 1.29 is 51.4 Å². The van der Waals surface area contributed by atoms with Crippen LogP contribution in [0, 0.1) is 0 Å². The van der Waals surface area contributed by atoms with Crippen molar-refractivity contribution in [3.05, 3.63) is 25.3 Å². The average molecular weight is 675 g/mol. The predicted octanol–water partition coefficient (Wildman–Crippen LogP) is -1.17. The molecule has 4 unspecified atom stereocenters. The third-order valence-corrected chi connectivity index (χ3v) is 9.73. The molecule has 0 amide bonds. The molecule has 236 valence electrons. The molecule has 3 aliphatic rings. The third kappa shape index (κ3) is 5.15. The first-order valence-electron chi connectivity index (χ1n) is 12.7. The molecule has 7 rings (SSSR count). The van der Waals surface area contributed by atoms with Gasteiger partial charge in [-0.05, 0) is 0 Å². The highest BCUT2D eigenvalue weighted by atomic mass is 32.5. The lowest BCUT2D eigenvalue weighted by Crippen LogP contribution is -2.36. The van der Waals surface area contributed by atoms with Gasteiger partial charge in [-0.1, -0.05) is 11.8 Å². The predicted molar refractivity (Wildman–Crippen MR) is 144 cm³/mol. The highest BCUT2D eigenvalue weighted by molar-refractivity contribution is 8.06. The van der Waals surface area contributed by atoms with Crippen molar-refractivity contribution in [1.82, 2.24) is 39.0 Å². The second-order valence-electron chi connectivity index (χ2n) is 9.88. The number of aliphatic hydroxyl groups excluding tert-OH is 1. The monoisotopic (exact) mass is 675 g/mol. The van der Waals surface area contributed by atoms with Gasteiger partial charge in [0.15, 0.2) is 41.6 Å². The van der Waals surface area contributed by atoms with Crippen LogP contribution in [-0.2, 0) is 43.9 Å². The van der Waals surface area contributed by atoms with Gasteiger partial charge < -0.3 is 44.9 Å². The molecule has 4 aromatic heterocycles. The van der Waals surface area contributed by atoms with E-state index >= 15 is 4.39 Å². The quantitative estimate of drug-likeness (QED) is 0.182. The number of hydrogen-bond donors (Lipinski definition) is 4. The molecule has 4 aromatic rings. The molecule has 10 atom stereocenters. The number of phosphoric acid groups is 1. The summed E-state index contributed by atoms with van der Waals surface area (Å²) in [7, 11) is -5.06. The molecular weight excluding hydrogens is 653 g/mol. The minimum Gasteiger partial charge on any atom is -0.780 e. The highest BCUT2D eigenvalue weighted by Gasteiger charge is 2.53. The van der Waals surface area contributed by atoms with E-state index in [-0.39, 0.29) is 34.0 Å². The van der Waals surface area contributed by atoms with Crippen LogP contribution in [0.3, 0.4) is 0 Å². The van der Waals surface area contributed by atoms with E-state index in [1.54, 1.807) is 0 Å². The fourth-order valence-corrected chi connectivity index (χ4v) is 7.53. The lowest BCUT2D eigenvalue weighted by Gasteiger charge is -2.34. The molecule has 0 aliphatic carbocycles. The van der Waals surface area contributed by atoms with Crippen molar-refractivity contribution in [2.75, 3.05) is 24.7 Å². The standard InChI is InChI=1S/C20H23FN10O10P2S/c21-9-13-8(39-19(9)30-5-28-10-15(22)24-3-26-17(10)30)2-37-43(35,44)41-14-12(32)7(1-36-42(33,34)40-13)38-20(14)31-6-29-11-16(23)25-4-27-18(11)31/h3-9,12-14,19-20,32H,1-2H2,(H,33,34)(H,35,44)(H2,22,24,26)(H2,23,25,27)/p-1/t7-,8-,9?,12?,13+,14+,19-,20-,43?/m1/s1. The Morgan fingerprint density at radius 3 is 2.09 bits per heavy atom. The van der Waals surface area contributed by atoms with Crippen molar-refractivity contribution in [3.63, 3.8) is 0 Å². The number of imidazole rings is 2. The zero-order valence-electron chi connectivity index (χ0n) is 21.9. The van der Waals surface area contributed by atoms with Gasteiger partial charge in [0, 0.05) is 0 Å². The Hall–Kier alpha value is -2.85. The molecule has 0 aromatic carbocycles. The largest absolute Gasteiger partial charge is 0.780 e. The average Bonchev–Trinajstić information content (AvgIpc) is 3.73. The number of nitrogens with two attached hydrogens (primary N) is 2. The van der Waals surface area contributed by atoms with Gasteiger partial charge in [0.25, 0.3) is 0 Å². The molecule has 24 heteroatoms. The molecule has 2 bridgehead atoms. The van der Waals surface area contributed by atoms with Crippen LogP contribution in [0.15, 0.2) is 25.3 Å². The van der Waals surface area contributed by atoms with Gasteiger partial charge in [-0.15, -0.1) is 0 Å². The van der Waals surface area contributed by atoms with Crippen molar-refractivity contribution >= 4 is 60.3 Å². The molecule has 0 saturated carbocycles. The first kappa shape index (κ1) is 29.8.